The van der Waals surface area contributed by atoms with Crippen LogP contribution in [0.3, 0.4) is 0 Å². The van der Waals surface area contributed by atoms with Crippen molar-refractivity contribution in [2.45, 2.75) is 56.5 Å². The first-order valence-corrected chi connectivity index (χ1v) is 13.2. The lowest BCUT2D eigenvalue weighted by Gasteiger charge is -2.30. The number of hydrogen-bond acceptors (Lipinski definition) is 7. The van der Waals surface area contributed by atoms with Crippen molar-refractivity contribution in [1.82, 2.24) is 19.3 Å². The van der Waals surface area contributed by atoms with Gasteiger partial charge in [-0.3, -0.25) is 4.79 Å². The average Bonchev–Trinajstić information content (AvgIpc) is 3.32. The van der Waals surface area contributed by atoms with Gasteiger partial charge in [0.05, 0.1) is 10.5 Å². The molecule has 2 heterocycles. The van der Waals surface area contributed by atoms with E-state index in [-0.39, 0.29) is 22.9 Å². The zero-order valence-electron chi connectivity index (χ0n) is 20.5. The van der Waals surface area contributed by atoms with Crippen LogP contribution in [-0.4, -0.2) is 54.4 Å². The van der Waals surface area contributed by atoms with E-state index >= 15 is 0 Å². The summed E-state index contributed by atoms with van der Waals surface area (Å²) in [6.45, 7) is 3.78. The lowest BCUT2D eigenvalue weighted by Crippen LogP contribution is -2.40. The Morgan fingerprint density at radius 3 is 2.31 bits per heavy atom. The van der Waals surface area contributed by atoms with E-state index < -0.39 is 10.0 Å². The van der Waals surface area contributed by atoms with Gasteiger partial charge >= 0.3 is 0 Å². The van der Waals surface area contributed by atoms with Crippen LogP contribution in [0.2, 0.25) is 0 Å². The minimum absolute atomic E-state index is 0.0436. The molecule has 1 amide bonds. The first-order chi connectivity index (χ1) is 16.6. The van der Waals surface area contributed by atoms with Gasteiger partial charge in [0.2, 0.25) is 0 Å². The third kappa shape index (κ3) is 5.82. The molecule has 3 aromatic rings. The molecule has 0 radical (unpaired) electrons. The Morgan fingerprint density at radius 1 is 1.00 bits per heavy atom. The highest BCUT2D eigenvalue weighted by Crippen LogP contribution is 2.24. The van der Waals surface area contributed by atoms with Crippen LogP contribution in [-0.2, 0) is 10.0 Å². The van der Waals surface area contributed by atoms with Crippen LogP contribution >= 0.6 is 0 Å². The zero-order valence-corrected chi connectivity index (χ0v) is 21.3. The summed E-state index contributed by atoms with van der Waals surface area (Å²) < 4.78 is 26.8. The topological polar surface area (TPSA) is 109 Å². The van der Waals surface area contributed by atoms with Gasteiger partial charge in [-0.2, -0.15) is 0 Å². The Kier molecular flexibility index (Phi) is 7.11. The molecule has 186 valence electrons. The fraction of sp³-hybridized carbons (Fsp3) is 0.400. The van der Waals surface area contributed by atoms with Crippen LogP contribution in [0.5, 0.6) is 0 Å². The van der Waals surface area contributed by atoms with Crippen LogP contribution in [0, 0.1) is 13.8 Å². The van der Waals surface area contributed by atoms with Gasteiger partial charge in [0.15, 0.2) is 0 Å². The van der Waals surface area contributed by atoms with E-state index in [9.17, 15) is 13.2 Å². The van der Waals surface area contributed by atoms with Crippen LogP contribution < -0.4 is 15.5 Å². The second-order valence-corrected chi connectivity index (χ2v) is 11.1. The standard InChI is InChI=1S/C25H32N6O3S/c1-17-5-11-22(12-6-17)35(33,34)31-14-13-19(16-31)25(32)29-21-9-7-20(8-10-21)28-23-15-24(30(3)4)27-18(2)26-23/h5-6,11-16,20-21H,7-10H2,1-4H3,(H,29,32)(H,26,27,28). The summed E-state index contributed by atoms with van der Waals surface area (Å²) in [5.41, 5.74) is 1.31. The molecule has 35 heavy (non-hydrogen) atoms. The molecule has 1 aliphatic rings. The van der Waals surface area contributed by atoms with Crippen molar-refractivity contribution >= 4 is 27.6 Å². The fourth-order valence-corrected chi connectivity index (χ4v) is 5.40. The normalized spacial score (nSPS) is 18.2. The fourth-order valence-electron chi connectivity index (χ4n) is 4.21. The number of carbonyl (C=O) groups excluding carboxylic acids is 1. The number of nitrogens with zero attached hydrogens (tertiary/aromatic N) is 4. The Labute approximate surface area is 206 Å². The molecule has 0 saturated heterocycles. The maximum atomic E-state index is 12.8. The molecular weight excluding hydrogens is 464 g/mol. The predicted molar refractivity (Wildman–Crippen MR) is 136 cm³/mol. The highest BCUT2D eigenvalue weighted by molar-refractivity contribution is 7.90. The lowest BCUT2D eigenvalue weighted by molar-refractivity contribution is 0.0926. The second-order valence-electron chi connectivity index (χ2n) is 9.27. The predicted octanol–water partition coefficient (Wildman–Crippen LogP) is 3.35. The third-order valence-corrected chi connectivity index (χ3v) is 7.87. The number of aryl methyl sites for hydroxylation is 2. The van der Waals surface area contributed by atoms with E-state index in [0.717, 1.165) is 52.7 Å². The summed E-state index contributed by atoms with van der Waals surface area (Å²) in [4.78, 5) is 23.8. The number of rotatable bonds is 7. The van der Waals surface area contributed by atoms with Crippen LogP contribution in [0.15, 0.2) is 53.7 Å². The number of benzene rings is 1. The van der Waals surface area contributed by atoms with Gasteiger partial charge in [-0.05, 0) is 57.7 Å². The van der Waals surface area contributed by atoms with Crippen LogP contribution in [0.1, 0.15) is 47.4 Å². The van der Waals surface area contributed by atoms with Crippen molar-refractivity contribution in [3.05, 3.63) is 65.7 Å². The SMILES string of the molecule is Cc1ccc(S(=O)(=O)n2ccc(C(=O)NC3CCC(Nc4cc(N(C)C)nc(C)n4)CC3)c2)cc1. The summed E-state index contributed by atoms with van der Waals surface area (Å²) in [5.74, 6) is 2.12. The summed E-state index contributed by atoms with van der Waals surface area (Å²) in [7, 11) is 0.165. The van der Waals surface area contributed by atoms with E-state index in [2.05, 4.69) is 20.6 Å². The zero-order chi connectivity index (χ0) is 25.2. The van der Waals surface area contributed by atoms with E-state index in [1.54, 1.807) is 24.3 Å². The maximum Gasteiger partial charge on any atom is 0.267 e. The molecule has 2 N–H and O–H groups in total. The second kappa shape index (κ2) is 10.1. The van der Waals surface area contributed by atoms with Crippen molar-refractivity contribution in [3.8, 4) is 0 Å². The minimum Gasteiger partial charge on any atom is -0.367 e. The molecule has 4 rings (SSSR count). The number of amides is 1. The monoisotopic (exact) mass is 496 g/mol. The summed E-state index contributed by atoms with van der Waals surface area (Å²) >= 11 is 0. The van der Waals surface area contributed by atoms with E-state index in [0.29, 0.717) is 5.56 Å². The molecule has 0 atom stereocenters. The van der Waals surface area contributed by atoms with Crippen molar-refractivity contribution in [2.24, 2.45) is 0 Å². The maximum absolute atomic E-state index is 12.8. The molecular formula is C25H32N6O3S. The number of anilines is 2. The van der Waals surface area contributed by atoms with Crippen molar-refractivity contribution in [3.63, 3.8) is 0 Å². The molecule has 1 fully saturated rings. The van der Waals surface area contributed by atoms with E-state index in [4.69, 9.17) is 0 Å². The van der Waals surface area contributed by atoms with Gasteiger partial charge in [0.25, 0.3) is 15.9 Å². The van der Waals surface area contributed by atoms with E-state index in [1.165, 1.54) is 18.5 Å². The third-order valence-electron chi connectivity index (χ3n) is 6.22. The molecule has 9 nitrogen and oxygen atoms in total. The number of aromatic nitrogens is 3. The van der Waals surface area contributed by atoms with Crippen LogP contribution in [0.25, 0.3) is 0 Å². The van der Waals surface area contributed by atoms with Gasteiger partial charge in [-0.1, -0.05) is 17.7 Å². The van der Waals surface area contributed by atoms with Gasteiger partial charge < -0.3 is 15.5 Å². The molecule has 10 heteroatoms. The van der Waals surface area contributed by atoms with Crippen molar-refractivity contribution < 1.29 is 13.2 Å². The number of carbonyl (C=O) groups is 1. The van der Waals surface area contributed by atoms with Crippen molar-refractivity contribution in [2.75, 3.05) is 24.3 Å². The molecule has 1 aliphatic carbocycles. The smallest absolute Gasteiger partial charge is 0.267 e. The molecule has 0 spiro atoms. The van der Waals surface area contributed by atoms with Gasteiger partial charge in [-0.25, -0.2) is 22.4 Å². The molecule has 1 aromatic carbocycles. The summed E-state index contributed by atoms with van der Waals surface area (Å²) in [6.07, 6.45) is 6.24. The summed E-state index contributed by atoms with van der Waals surface area (Å²) in [5, 5.41) is 6.56. The molecule has 1 saturated carbocycles. The van der Waals surface area contributed by atoms with Gasteiger partial charge in [-0.15, -0.1) is 0 Å². The van der Waals surface area contributed by atoms with Gasteiger partial charge in [0.1, 0.15) is 17.5 Å². The van der Waals surface area contributed by atoms with Crippen molar-refractivity contribution in [1.29, 1.82) is 0 Å². The molecule has 0 aliphatic heterocycles. The highest BCUT2D eigenvalue weighted by atomic mass is 32.2. The Balaban J connectivity index is 1.33. The van der Waals surface area contributed by atoms with Crippen LogP contribution in [0.4, 0.5) is 11.6 Å². The van der Waals surface area contributed by atoms with E-state index in [1.807, 2.05) is 38.9 Å². The quantitative estimate of drug-likeness (QED) is 0.516. The van der Waals surface area contributed by atoms with Gasteiger partial charge in [0, 0.05) is 44.6 Å². The molecule has 0 unspecified atom stereocenters. The lowest BCUT2D eigenvalue weighted by atomic mass is 9.91. The first kappa shape index (κ1) is 24.7. The number of hydrogen-bond donors (Lipinski definition) is 2. The highest BCUT2D eigenvalue weighted by Gasteiger charge is 2.24. The Bertz CT molecular complexity index is 1290. The Morgan fingerprint density at radius 2 is 1.66 bits per heavy atom. The Hall–Kier alpha value is -3.40. The molecule has 0 bridgehead atoms. The largest absolute Gasteiger partial charge is 0.367 e. The first-order valence-electron chi connectivity index (χ1n) is 11.7. The number of nitrogens with one attached hydrogen (secondary N) is 2. The molecule has 2 aromatic heterocycles. The summed E-state index contributed by atoms with van der Waals surface area (Å²) in [6, 6.07) is 10.4. The minimum atomic E-state index is -3.74. The average molecular weight is 497 g/mol.